The molecule has 0 unspecified atom stereocenters. The maximum atomic E-state index is 13.0. The smallest absolute Gasteiger partial charge is 0.325 e. The van der Waals surface area contributed by atoms with Gasteiger partial charge in [0.2, 0.25) is 5.91 Å². The lowest BCUT2D eigenvalue weighted by Gasteiger charge is -2.39. The van der Waals surface area contributed by atoms with Gasteiger partial charge in [-0.1, -0.05) is 29.8 Å². The fourth-order valence-electron chi connectivity index (χ4n) is 4.02. The van der Waals surface area contributed by atoms with E-state index in [1.165, 1.54) is 0 Å². The number of likely N-dealkylation sites (tertiary alicyclic amines) is 1. The van der Waals surface area contributed by atoms with Crippen molar-refractivity contribution >= 4 is 29.4 Å². The quantitative estimate of drug-likeness (QED) is 0.823. The normalized spacial score (nSPS) is 29.1. The van der Waals surface area contributed by atoms with Crippen LogP contribution in [0.2, 0.25) is 5.02 Å². The summed E-state index contributed by atoms with van der Waals surface area (Å²) in [7, 11) is 0. The van der Waals surface area contributed by atoms with Crippen LogP contribution in [0.4, 0.5) is 4.79 Å². The van der Waals surface area contributed by atoms with Crippen LogP contribution in [0.15, 0.2) is 24.3 Å². The van der Waals surface area contributed by atoms with Crippen molar-refractivity contribution in [3.05, 3.63) is 34.9 Å². The molecule has 26 heavy (non-hydrogen) atoms. The molecule has 1 N–H and O–H groups in total. The molecule has 2 aliphatic rings. The molecule has 2 heterocycles. The molecule has 3 atom stereocenters. The number of hydrogen-bond acceptors (Lipinski definition) is 3. The summed E-state index contributed by atoms with van der Waals surface area (Å²) in [5.74, 6) is -0.655. The Morgan fingerprint density at radius 1 is 1.23 bits per heavy atom. The van der Waals surface area contributed by atoms with Gasteiger partial charge in [-0.3, -0.25) is 14.5 Å². The average molecular weight is 378 g/mol. The van der Waals surface area contributed by atoms with Gasteiger partial charge in [0.1, 0.15) is 12.1 Å². The minimum absolute atomic E-state index is 0.113. The number of carbonyl (C=O) groups excluding carboxylic acids is 3. The highest BCUT2D eigenvalue weighted by Crippen LogP contribution is 2.33. The molecular formula is C19H24ClN3O3. The van der Waals surface area contributed by atoms with Crippen molar-refractivity contribution in [2.45, 2.75) is 57.7 Å². The zero-order valence-electron chi connectivity index (χ0n) is 15.3. The van der Waals surface area contributed by atoms with Gasteiger partial charge >= 0.3 is 6.03 Å². The minimum atomic E-state index is -1.27. The highest BCUT2D eigenvalue weighted by molar-refractivity contribution is 6.32. The molecule has 0 spiro atoms. The number of nitrogens with zero attached hydrogens (tertiary/aromatic N) is 2. The fourth-order valence-corrected chi connectivity index (χ4v) is 4.34. The predicted molar refractivity (Wildman–Crippen MR) is 98.7 cm³/mol. The summed E-state index contributed by atoms with van der Waals surface area (Å²) in [5.41, 5.74) is -0.746. The molecule has 0 radical (unpaired) electrons. The molecule has 2 fully saturated rings. The van der Waals surface area contributed by atoms with Crippen molar-refractivity contribution < 1.29 is 14.4 Å². The Labute approximate surface area is 158 Å². The van der Waals surface area contributed by atoms with Gasteiger partial charge in [-0.25, -0.2) is 4.79 Å². The van der Waals surface area contributed by atoms with Crippen LogP contribution in [-0.2, 0) is 15.1 Å². The van der Waals surface area contributed by atoms with Gasteiger partial charge in [0, 0.05) is 22.7 Å². The number of hydrogen-bond donors (Lipinski definition) is 1. The number of nitrogens with one attached hydrogen (secondary N) is 1. The zero-order valence-corrected chi connectivity index (χ0v) is 16.0. The monoisotopic (exact) mass is 377 g/mol. The standard InChI is InChI=1S/C19H24ClN3O3/c1-12-7-6-8-13(2)23(12)16(24)11-22-17(25)19(3,21-18(22)26)14-9-4-5-10-15(14)20/h4-5,9-10,12-13H,6-8,11H2,1-3H3,(H,21,26)/t12-,13-,19+/m1/s1. The van der Waals surface area contributed by atoms with Crippen molar-refractivity contribution in [1.82, 2.24) is 15.1 Å². The van der Waals surface area contributed by atoms with Crippen molar-refractivity contribution in [3.63, 3.8) is 0 Å². The van der Waals surface area contributed by atoms with Gasteiger partial charge in [0.25, 0.3) is 5.91 Å². The predicted octanol–water partition coefficient (Wildman–Crippen LogP) is 2.90. The molecule has 7 heteroatoms. The van der Waals surface area contributed by atoms with Crippen molar-refractivity contribution in [2.24, 2.45) is 0 Å². The van der Waals surface area contributed by atoms with Gasteiger partial charge in [-0.05, 0) is 46.1 Å². The van der Waals surface area contributed by atoms with Crippen LogP contribution in [0.3, 0.4) is 0 Å². The average Bonchev–Trinajstić information content (AvgIpc) is 2.79. The lowest BCUT2D eigenvalue weighted by molar-refractivity contribution is -0.142. The van der Waals surface area contributed by atoms with E-state index in [9.17, 15) is 14.4 Å². The van der Waals surface area contributed by atoms with E-state index in [2.05, 4.69) is 5.32 Å². The molecule has 0 bridgehead atoms. The summed E-state index contributed by atoms with van der Waals surface area (Å²) in [4.78, 5) is 41.0. The molecule has 0 aromatic heterocycles. The lowest BCUT2D eigenvalue weighted by Crippen LogP contribution is -2.52. The highest BCUT2D eigenvalue weighted by atomic mass is 35.5. The van der Waals surface area contributed by atoms with Gasteiger partial charge in [-0.2, -0.15) is 0 Å². The van der Waals surface area contributed by atoms with Crippen LogP contribution in [0.5, 0.6) is 0 Å². The van der Waals surface area contributed by atoms with E-state index in [0.29, 0.717) is 10.6 Å². The first kappa shape index (κ1) is 18.7. The summed E-state index contributed by atoms with van der Waals surface area (Å²) >= 11 is 6.22. The number of urea groups is 1. The third-order valence-corrected chi connectivity index (χ3v) is 5.79. The van der Waals surface area contributed by atoms with Crippen LogP contribution in [-0.4, -0.2) is 46.3 Å². The summed E-state index contributed by atoms with van der Waals surface area (Å²) in [6.45, 7) is 5.38. The van der Waals surface area contributed by atoms with Crippen LogP contribution in [0, 0.1) is 0 Å². The second-order valence-electron chi connectivity index (χ2n) is 7.36. The summed E-state index contributed by atoms with van der Waals surface area (Å²) in [6, 6.07) is 6.56. The molecule has 4 amide bonds. The van der Waals surface area contributed by atoms with Crippen LogP contribution in [0.1, 0.15) is 45.6 Å². The Morgan fingerprint density at radius 3 is 2.46 bits per heavy atom. The molecule has 140 valence electrons. The van der Waals surface area contributed by atoms with E-state index in [1.54, 1.807) is 36.1 Å². The molecular weight excluding hydrogens is 354 g/mol. The van der Waals surface area contributed by atoms with Gasteiger partial charge < -0.3 is 10.2 Å². The molecule has 0 aliphatic carbocycles. The number of imide groups is 1. The molecule has 3 rings (SSSR count). The van der Waals surface area contributed by atoms with E-state index < -0.39 is 17.5 Å². The third kappa shape index (κ3) is 3.07. The van der Waals surface area contributed by atoms with Gasteiger partial charge in [0.15, 0.2) is 0 Å². The third-order valence-electron chi connectivity index (χ3n) is 5.46. The topological polar surface area (TPSA) is 69.7 Å². The van der Waals surface area contributed by atoms with Crippen LogP contribution >= 0.6 is 11.6 Å². The first-order chi connectivity index (χ1) is 12.3. The van der Waals surface area contributed by atoms with Crippen molar-refractivity contribution in [3.8, 4) is 0 Å². The molecule has 0 saturated carbocycles. The highest BCUT2D eigenvalue weighted by Gasteiger charge is 2.50. The molecule has 1 aromatic carbocycles. The number of rotatable bonds is 3. The second-order valence-corrected chi connectivity index (χ2v) is 7.76. The Bertz CT molecular complexity index is 743. The fraction of sp³-hybridized carbons (Fsp3) is 0.526. The molecule has 6 nitrogen and oxygen atoms in total. The molecule has 1 aromatic rings. The number of carbonyl (C=O) groups is 3. The maximum absolute atomic E-state index is 13.0. The minimum Gasteiger partial charge on any atom is -0.336 e. The van der Waals surface area contributed by atoms with Crippen molar-refractivity contribution in [2.75, 3.05) is 6.54 Å². The van der Waals surface area contributed by atoms with Crippen LogP contribution < -0.4 is 5.32 Å². The Morgan fingerprint density at radius 2 is 1.85 bits per heavy atom. The number of piperidine rings is 1. The summed E-state index contributed by atoms with van der Waals surface area (Å²) < 4.78 is 0. The maximum Gasteiger partial charge on any atom is 0.325 e. The van der Waals surface area contributed by atoms with Crippen molar-refractivity contribution in [1.29, 1.82) is 0 Å². The van der Waals surface area contributed by atoms with Gasteiger partial charge in [-0.15, -0.1) is 0 Å². The number of halogens is 1. The van der Waals surface area contributed by atoms with E-state index in [-0.39, 0.29) is 24.5 Å². The lowest BCUT2D eigenvalue weighted by atomic mass is 9.92. The number of benzene rings is 1. The van der Waals surface area contributed by atoms with E-state index in [0.717, 1.165) is 24.2 Å². The van der Waals surface area contributed by atoms with E-state index >= 15 is 0 Å². The van der Waals surface area contributed by atoms with E-state index in [1.807, 2.05) is 13.8 Å². The summed E-state index contributed by atoms with van der Waals surface area (Å²) in [5, 5.41) is 3.10. The summed E-state index contributed by atoms with van der Waals surface area (Å²) in [6.07, 6.45) is 2.96. The SMILES string of the molecule is C[C@@H]1CCC[C@@H](C)N1C(=O)CN1C(=O)N[C@@](C)(c2ccccc2Cl)C1=O. The van der Waals surface area contributed by atoms with Crippen LogP contribution in [0.25, 0.3) is 0 Å². The molecule has 2 saturated heterocycles. The van der Waals surface area contributed by atoms with Gasteiger partial charge in [0.05, 0.1) is 0 Å². The largest absolute Gasteiger partial charge is 0.336 e. The van der Waals surface area contributed by atoms with E-state index in [4.69, 9.17) is 11.6 Å². The Balaban J connectivity index is 1.81. The Hall–Kier alpha value is -2.08. The number of amides is 4. The first-order valence-corrected chi connectivity index (χ1v) is 9.33. The Kier molecular flexibility index (Phi) is 4.97. The zero-order chi connectivity index (χ0) is 19.1. The molecule has 2 aliphatic heterocycles. The second kappa shape index (κ2) is 6.91. The first-order valence-electron chi connectivity index (χ1n) is 8.96.